The number of carboxylic acid groups (broad SMARTS) is 1. The van der Waals surface area contributed by atoms with E-state index in [4.69, 9.17) is 5.11 Å². The fourth-order valence-electron chi connectivity index (χ4n) is 2.44. The van der Waals surface area contributed by atoms with Gasteiger partial charge in [-0.25, -0.2) is 0 Å². The van der Waals surface area contributed by atoms with E-state index in [0.29, 0.717) is 12.5 Å². The van der Waals surface area contributed by atoms with Crippen LogP contribution < -0.4 is 0 Å². The molecule has 0 bridgehead atoms. The summed E-state index contributed by atoms with van der Waals surface area (Å²) in [6.45, 7) is 6.92. The van der Waals surface area contributed by atoms with Crippen LogP contribution >= 0.6 is 0 Å². The van der Waals surface area contributed by atoms with Crippen LogP contribution in [0, 0.1) is 0 Å². The minimum atomic E-state index is -0.711. The van der Waals surface area contributed by atoms with Gasteiger partial charge in [0.25, 0.3) is 0 Å². The molecule has 0 atom stereocenters. The van der Waals surface area contributed by atoms with Crippen molar-refractivity contribution in [3.63, 3.8) is 0 Å². The number of rotatable bonds is 4. The molecule has 0 amide bonds. The third-order valence-corrected chi connectivity index (χ3v) is 3.63. The molecule has 0 aromatic heterocycles. The van der Waals surface area contributed by atoms with Gasteiger partial charge in [0.1, 0.15) is 0 Å². The molecular weight excluding hydrogens is 226 g/mol. The van der Waals surface area contributed by atoms with Crippen molar-refractivity contribution in [2.24, 2.45) is 0 Å². The lowest BCUT2D eigenvalue weighted by Crippen LogP contribution is -2.32. The normalized spacial score (nSPS) is 15.7. The van der Waals surface area contributed by atoms with Crippen LogP contribution in [0.15, 0.2) is 18.2 Å². The minimum absolute atomic E-state index is 0.235. The Labute approximate surface area is 108 Å². The summed E-state index contributed by atoms with van der Waals surface area (Å²) >= 11 is 0. The molecule has 2 rings (SSSR count). The second-order valence-corrected chi connectivity index (χ2v) is 5.35. The van der Waals surface area contributed by atoms with E-state index in [1.807, 2.05) is 0 Å². The summed E-state index contributed by atoms with van der Waals surface area (Å²) in [4.78, 5) is 12.8. The monoisotopic (exact) mass is 247 g/mol. The molecule has 1 aromatic rings. The van der Waals surface area contributed by atoms with Crippen LogP contribution in [0.5, 0.6) is 0 Å². The SMILES string of the molecule is CC(C)c1ccc2c(c1)CN(CCC(=O)O)CC2. The summed E-state index contributed by atoms with van der Waals surface area (Å²) < 4.78 is 0. The molecule has 98 valence electrons. The first-order valence-corrected chi connectivity index (χ1v) is 6.62. The van der Waals surface area contributed by atoms with Gasteiger partial charge in [-0.3, -0.25) is 9.69 Å². The Morgan fingerprint density at radius 3 is 2.83 bits per heavy atom. The summed E-state index contributed by atoms with van der Waals surface area (Å²) in [5.74, 6) is -0.165. The molecule has 1 heterocycles. The standard InChI is InChI=1S/C15H21NO2/c1-11(2)13-4-3-12-5-7-16(8-6-15(17)18)10-14(12)9-13/h3-4,9,11H,5-8,10H2,1-2H3,(H,17,18). The lowest BCUT2D eigenvalue weighted by atomic mass is 9.93. The fourth-order valence-corrected chi connectivity index (χ4v) is 2.44. The van der Waals surface area contributed by atoms with E-state index in [0.717, 1.165) is 19.5 Å². The van der Waals surface area contributed by atoms with Crippen LogP contribution in [-0.2, 0) is 17.8 Å². The molecule has 0 fully saturated rings. The van der Waals surface area contributed by atoms with Gasteiger partial charge in [0.15, 0.2) is 0 Å². The van der Waals surface area contributed by atoms with Crippen molar-refractivity contribution in [2.75, 3.05) is 13.1 Å². The number of carboxylic acids is 1. The number of nitrogens with zero attached hydrogens (tertiary/aromatic N) is 1. The first kappa shape index (κ1) is 13.1. The van der Waals surface area contributed by atoms with Crippen LogP contribution in [0.2, 0.25) is 0 Å². The van der Waals surface area contributed by atoms with Crippen molar-refractivity contribution in [1.29, 1.82) is 0 Å². The molecule has 3 heteroatoms. The van der Waals surface area contributed by atoms with Crippen LogP contribution in [-0.4, -0.2) is 29.1 Å². The predicted octanol–water partition coefficient (Wildman–Crippen LogP) is 2.64. The Morgan fingerprint density at radius 1 is 1.39 bits per heavy atom. The number of fused-ring (bicyclic) bond motifs is 1. The van der Waals surface area contributed by atoms with Crippen molar-refractivity contribution in [2.45, 2.75) is 39.2 Å². The molecule has 0 radical (unpaired) electrons. The zero-order valence-corrected chi connectivity index (χ0v) is 11.1. The first-order chi connectivity index (χ1) is 8.56. The minimum Gasteiger partial charge on any atom is -0.481 e. The van der Waals surface area contributed by atoms with E-state index in [9.17, 15) is 4.79 Å². The van der Waals surface area contributed by atoms with E-state index in [-0.39, 0.29) is 6.42 Å². The predicted molar refractivity (Wildman–Crippen MR) is 71.8 cm³/mol. The van der Waals surface area contributed by atoms with Gasteiger partial charge < -0.3 is 5.11 Å². The highest BCUT2D eigenvalue weighted by atomic mass is 16.4. The average molecular weight is 247 g/mol. The zero-order chi connectivity index (χ0) is 13.1. The number of hydrogen-bond acceptors (Lipinski definition) is 2. The van der Waals surface area contributed by atoms with Gasteiger partial charge >= 0.3 is 5.97 Å². The maximum atomic E-state index is 10.6. The number of benzene rings is 1. The molecule has 0 unspecified atom stereocenters. The molecular formula is C15H21NO2. The van der Waals surface area contributed by atoms with Gasteiger partial charge in [-0.15, -0.1) is 0 Å². The van der Waals surface area contributed by atoms with Gasteiger partial charge in [0.2, 0.25) is 0 Å². The Kier molecular flexibility index (Phi) is 4.02. The topological polar surface area (TPSA) is 40.5 Å². The molecule has 0 aliphatic carbocycles. The Balaban J connectivity index is 2.07. The molecule has 0 saturated carbocycles. The quantitative estimate of drug-likeness (QED) is 0.889. The van der Waals surface area contributed by atoms with E-state index >= 15 is 0 Å². The average Bonchev–Trinajstić information content (AvgIpc) is 2.35. The number of hydrogen-bond donors (Lipinski definition) is 1. The summed E-state index contributed by atoms with van der Waals surface area (Å²) in [6, 6.07) is 6.74. The lowest BCUT2D eigenvalue weighted by molar-refractivity contribution is -0.137. The van der Waals surface area contributed by atoms with Crippen molar-refractivity contribution in [1.82, 2.24) is 4.90 Å². The summed E-state index contributed by atoms with van der Waals surface area (Å²) in [5.41, 5.74) is 4.16. The van der Waals surface area contributed by atoms with E-state index < -0.39 is 5.97 Å². The molecule has 0 saturated heterocycles. The molecule has 0 spiro atoms. The maximum absolute atomic E-state index is 10.6. The Hall–Kier alpha value is -1.35. The summed E-state index contributed by atoms with van der Waals surface area (Å²) in [7, 11) is 0. The molecule has 1 N–H and O–H groups in total. The van der Waals surface area contributed by atoms with Crippen molar-refractivity contribution >= 4 is 5.97 Å². The largest absolute Gasteiger partial charge is 0.481 e. The van der Waals surface area contributed by atoms with Crippen LogP contribution in [0.4, 0.5) is 0 Å². The Morgan fingerprint density at radius 2 is 2.17 bits per heavy atom. The highest BCUT2D eigenvalue weighted by molar-refractivity contribution is 5.66. The fraction of sp³-hybridized carbons (Fsp3) is 0.533. The summed E-state index contributed by atoms with van der Waals surface area (Å²) in [5, 5.41) is 8.73. The van der Waals surface area contributed by atoms with Gasteiger partial charge in [0.05, 0.1) is 6.42 Å². The highest BCUT2D eigenvalue weighted by Gasteiger charge is 2.17. The smallest absolute Gasteiger partial charge is 0.304 e. The molecule has 1 aliphatic heterocycles. The van der Waals surface area contributed by atoms with Crippen molar-refractivity contribution in [3.05, 3.63) is 34.9 Å². The first-order valence-electron chi connectivity index (χ1n) is 6.62. The number of aliphatic carboxylic acids is 1. The van der Waals surface area contributed by atoms with Gasteiger partial charge in [0, 0.05) is 19.6 Å². The number of carbonyl (C=O) groups is 1. The van der Waals surface area contributed by atoms with Crippen LogP contribution in [0.25, 0.3) is 0 Å². The Bertz CT molecular complexity index is 440. The van der Waals surface area contributed by atoms with Gasteiger partial charge in [-0.2, -0.15) is 0 Å². The molecule has 18 heavy (non-hydrogen) atoms. The zero-order valence-electron chi connectivity index (χ0n) is 11.1. The van der Waals surface area contributed by atoms with E-state index in [1.165, 1.54) is 16.7 Å². The second kappa shape index (κ2) is 5.53. The third-order valence-electron chi connectivity index (χ3n) is 3.63. The van der Waals surface area contributed by atoms with Crippen LogP contribution in [0.3, 0.4) is 0 Å². The second-order valence-electron chi connectivity index (χ2n) is 5.35. The van der Waals surface area contributed by atoms with Crippen LogP contribution in [0.1, 0.15) is 42.9 Å². The highest BCUT2D eigenvalue weighted by Crippen LogP contribution is 2.24. The molecule has 1 aliphatic rings. The molecule has 1 aromatic carbocycles. The summed E-state index contributed by atoms with van der Waals surface area (Å²) in [6.07, 6.45) is 1.27. The van der Waals surface area contributed by atoms with Gasteiger partial charge in [-0.1, -0.05) is 32.0 Å². The third kappa shape index (κ3) is 3.10. The van der Waals surface area contributed by atoms with E-state index in [2.05, 4.69) is 36.9 Å². The van der Waals surface area contributed by atoms with Crippen molar-refractivity contribution < 1.29 is 9.90 Å². The van der Waals surface area contributed by atoms with Gasteiger partial charge in [-0.05, 0) is 29.0 Å². The molecule has 3 nitrogen and oxygen atoms in total. The maximum Gasteiger partial charge on any atom is 0.304 e. The van der Waals surface area contributed by atoms with E-state index in [1.54, 1.807) is 0 Å². The van der Waals surface area contributed by atoms with Crippen molar-refractivity contribution in [3.8, 4) is 0 Å². The lowest BCUT2D eigenvalue weighted by Gasteiger charge is -2.29.